The Morgan fingerprint density at radius 1 is 1.39 bits per heavy atom. The van der Waals surface area contributed by atoms with Gasteiger partial charge in [0.15, 0.2) is 0 Å². The van der Waals surface area contributed by atoms with Crippen molar-refractivity contribution in [2.24, 2.45) is 11.7 Å². The molecule has 1 aromatic heterocycles. The normalized spacial score (nSPS) is 12.8. The SMILES string of the molecule is CCC(N)Cc1cnc(N(C)CC(C)C)c(C)c1. The zero-order valence-electron chi connectivity index (χ0n) is 12.4. The number of anilines is 1. The fourth-order valence-corrected chi connectivity index (χ4v) is 2.22. The van der Waals surface area contributed by atoms with Crippen LogP contribution in [-0.4, -0.2) is 24.6 Å². The molecule has 1 aromatic rings. The van der Waals surface area contributed by atoms with Crippen molar-refractivity contribution in [1.29, 1.82) is 0 Å². The van der Waals surface area contributed by atoms with Gasteiger partial charge in [-0.05, 0) is 36.8 Å². The largest absolute Gasteiger partial charge is 0.359 e. The van der Waals surface area contributed by atoms with Gasteiger partial charge in [-0.2, -0.15) is 0 Å². The maximum absolute atomic E-state index is 5.98. The van der Waals surface area contributed by atoms with Crippen LogP contribution in [0, 0.1) is 12.8 Å². The number of hydrogen-bond acceptors (Lipinski definition) is 3. The second-order valence-corrected chi connectivity index (χ2v) is 5.63. The maximum Gasteiger partial charge on any atom is 0.131 e. The Balaban J connectivity index is 2.79. The van der Waals surface area contributed by atoms with Crippen LogP contribution >= 0.6 is 0 Å². The summed E-state index contributed by atoms with van der Waals surface area (Å²) in [5.41, 5.74) is 8.46. The van der Waals surface area contributed by atoms with Crippen molar-refractivity contribution >= 4 is 5.82 Å². The van der Waals surface area contributed by atoms with Crippen molar-refractivity contribution in [2.45, 2.75) is 46.6 Å². The van der Waals surface area contributed by atoms with E-state index in [4.69, 9.17) is 5.73 Å². The van der Waals surface area contributed by atoms with Gasteiger partial charge in [0, 0.05) is 25.8 Å². The third-order valence-corrected chi connectivity index (χ3v) is 3.13. The monoisotopic (exact) mass is 249 g/mol. The Bertz CT molecular complexity index is 374. The topological polar surface area (TPSA) is 42.1 Å². The smallest absolute Gasteiger partial charge is 0.131 e. The number of nitrogens with zero attached hydrogens (tertiary/aromatic N) is 2. The van der Waals surface area contributed by atoms with Gasteiger partial charge in [-0.25, -0.2) is 4.98 Å². The third-order valence-electron chi connectivity index (χ3n) is 3.13. The standard InChI is InChI=1S/C15H27N3/c1-6-14(16)8-13-7-12(4)15(17-9-13)18(5)10-11(2)3/h7,9,11,14H,6,8,10,16H2,1-5H3. The first kappa shape index (κ1) is 15.0. The molecule has 0 aromatic carbocycles. The van der Waals surface area contributed by atoms with E-state index >= 15 is 0 Å². The van der Waals surface area contributed by atoms with E-state index in [-0.39, 0.29) is 6.04 Å². The summed E-state index contributed by atoms with van der Waals surface area (Å²) in [6.07, 6.45) is 3.89. The van der Waals surface area contributed by atoms with Crippen LogP contribution in [0.15, 0.2) is 12.3 Å². The van der Waals surface area contributed by atoms with Gasteiger partial charge in [-0.3, -0.25) is 0 Å². The third kappa shape index (κ3) is 4.30. The van der Waals surface area contributed by atoms with Crippen LogP contribution in [0.4, 0.5) is 5.82 Å². The molecular weight excluding hydrogens is 222 g/mol. The fraction of sp³-hybridized carbons (Fsp3) is 0.667. The minimum atomic E-state index is 0.241. The molecular formula is C15H27N3. The molecule has 102 valence electrons. The minimum absolute atomic E-state index is 0.241. The predicted octanol–water partition coefficient (Wildman–Crippen LogP) is 2.76. The van der Waals surface area contributed by atoms with Crippen molar-refractivity contribution < 1.29 is 0 Å². The molecule has 1 rings (SSSR count). The van der Waals surface area contributed by atoms with Crippen molar-refractivity contribution in [1.82, 2.24) is 4.98 Å². The summed E-state index contributed by atoms with van der Waals surface area (Å²) in [6, 6.07) is 2.46. The van der Waals surface area contributed by atoms with E-state index in [2.05, 4.69) is 50.7 Å². The molecule has 1 unspecified atom stereocenters. The van der Waals surface area contributed by atoms with Gasteiger partial charge < -0.3 is 10.6 Å². The van der Waals surface area contributed by atoms with Crippen LogP contribution < -0.4 is 10.6 Å². The highest BCUT2D eigenvalue weighted by Crippen LogP contribution is 2.18. The lowest BCUT2D eigenvalue weighted by atomic mass is 10.0. The molecule has 18 heavy (non-hydrogen) atoms. The molecule has 1 atom stereocenters. The molecule has 0 aliphatic carbocycles. The Labute approximate surface area is 111 Å². The highest BCUT2D eigenvalue weighted by molar-refractivity contribution is 5.46. The number of aromatic nitrogens is 1. The van der Waals surface area contributed by atoms with Gasteiger partial charge in [0.1, 0.15) is 5.82 Å². The lowest BCUT2D eigenvalue weighted by molar-refractivity contribution is 0.631. The first-order valence-corrected chi connectivity index (χ1v) is 6.86. The van der Waals surface area contributed by atoms with E-state index in [1.54, 1.807) is 0 Å². The number of nitrogens with two attached hydrogens (primary N) is 1. The molecule has 0 saturated heterocycles. The van der Waals surface area contributed by atoms with Crippen molar-refractivity contribution in [3.05, 3.63) is 23.4 Å². The highest BCUT2D eigenvalue weighted by Gasteiger charge is 2.09. The molecule has 0 aliphatic rings. The molecule has 3 nitrogen and oxygen atoms in total. The van der Waals surface area contributed by atoms with Crippen molar-refractivity contribution in [3.63, 3.8) is 0 Å². The molecule has 0 bridgehead atoms. The second-order valence-electron chi connectivity index (χ2n) is 5.63. The molecule has 0 spiro atoms. The van der Waals surface area contributed by atoms with Crippen LogP contribution in [0.3, 0.4) is 0 Å². The first-order valence-electron chi connectivity index (χ1n) is 6.86. The number of aryl methyl sites for hydroxylation is 1. The van der Waals surface area contributed by atoms with Crippen LogP contribution in [0.2, 0.25) is 0 Å². The maximum atomic E-state index is 5.98. The van der Waals surface area contributed by atoms with Gasteiger partial charge in [0.2, 0.25) is 0 Å². The van der Waals surface area contributed by atoms with E-state index in [1.165, 1.54) is 11.1 Å². The fourth-order valence-electron chi connectivity index (χ4n) is 2.22. The molecule has 0 amide bonds. The van der Waals surface area contributed by atoms with Gasteiger partial charge >= 0.3 is 0 Å². The van der Waals surface area contributed by atoms with Crippen LogP contribution in [0.5, 0.6) is 0 Å². The highest BCUT2D eigenvalue weighted by atomic mass is 15.2. The molecule has 1 heterocycles. The lowest BCUT2D eigenvalue weighted by Crippen LogP contribution is -2.25. The van der Waals surface area contributed by atoms with E-state index < -0.39 is 0 Å². The second kappa shape index (κ2) is 6.74. The zero-order chi connectivity index (χ0) is 13.7. The summed E-state index contributed by atoms with van der Waals surface area (Å²) in [4.78, 5) is 6.81. The van der Waals surface area contributed by atoms with Gasteiger partial charge in [-0.15, -0.1) is 0 Å². The van der Waals surface area contributed by atoms with Gasteiger partial charge in [-0.1, -0.05) is 26.8 Å². The number of hydrogen-bond donors (Lipinski definition) is 1. The number of pyridine rings is 1. The molecule has 0 aliphatic heterocycles. The van der Waals surface area contributed by atoms with Crippen LogP contribution in [-0.2, 0) is 6.42 Å². The number of rotatable bonds is 6. The van der Waals surface area contributed by atoms with Gasteiger partial charge in [0.05, 0.1) is 0 Å². The van der Waals surface area contributed by atoms with Gasteiger partial charge in [0.25, 0.3) is 0 Å². The average Bonchev–Trinajstić information content (AvgIpc) is 2.27. The van der Waals surface area contributed by atoms with E-state index in [1.807, 2.05) is 6.20 Å². The molecule has 0 saturated carbocycles. The molecule has 0 radical (unpaired) electrons. The van der Waals surface area contributed by atoms with Crippen LogP contribution in [0.1, 0.15) is 38.3 Å². The summed E-state index contributed by atoms with van der Waals surface area (Å²) in [5, 5.41) is 0. The van der Waals surface area contributed by atoms with E-state index in [9.17, 15) is 0 Å². The summed E-state index contributed by atoms with van der Waals surface area (Å²) in [7, 11) is 2.10. The summed E-state index contributed by atoms with van der Waals surface area (Å²) >= 11 is 0. The summed E-state index contributed by atoms with van der Waals surface area (Å²) in [5.74, 6) is 1.72. The predicted molar refractivity (Wildman–Crippen MR) is 79.1 cm³/mol. The minimum Gasteiger partial charge on any atom is -0.359 e. The molecule has 0 fully saturated rings. The first-order chi connectivity index (χ1) is 8.43. The average molecular weight is 249 g/mol. The van der Waals surface area contributed by atoms with E-state index in [0.717, 1.165) is 25.2 Å². The van der Waals surface area contributed by atoms with E-state index in [0.29, 0.717) is 5.92 Å². The Morgan fingerprint density at radius 3 is 2.56 bits per heavy atom. The van der Waals surface area contributed by atoms with Crippen molar-refractivity contribution in [2.75, 3.05) is 18.5 Å². The van der Waals surface area contributed by atoms with Crippen molar-refractivity contribution in [3.8, 4) is 0 Å². The molecule has 2 N–H and O–H groups in total. The summed E-state index contributed by atoms with van der Waals surface area (Å²) < 4.78 is 0. The Hall–Kier alpha value is -1.09. The Morgan fingerprint density at radius 2 is 2.06 bits per heavy atom. The summed E-state index contributed by atoms with van der Waals surface area (Å²) in [6.45, 7) is 9.72. The zero-order valence-corrected chi connectivity index (χ0v) is 12.4. The quantitative estimate of drug-likeness (QED) is 0.843. The Kier molecular flexibility index (Phi) is 5.60. The van der Waals surface area contributed by atoms with Crippen LogP contribution in [0.25, 0.3) is 0 Å². The molecule has 3 heteroatoms. The lowest BCUT2D eigenvalue weighted by Gasteiger charge is -2.22.